The Morgan fingerprint density at radius 2 is 1.35 bits per heavy atom. The first-order chi connectivity index (χ1) is 19.6. The van der Waals surface area contributed by atoms with Gasteiger partial charge in [-0.25, -0.2) is 4.98 Å². The van der Waals surface area contributed by atoms with Crippen LogP contribution in [0.5, 0.6) is 0 Å². The highest BCUT2D eigenvalue weighted by atomic mass is 16.2. The van der Waals surface area contributed by atoms with Gasteiger partial charge in [-0.2, -0.15) is 0 Å². The van der Waals surface area contributed by atoms with Gasteiger partial charge >= 0.3 is 0 Å². The molecule has 1 unspecified atom stereocenters. The van der Waals surface area contributed by atoms with Crippen molar-refractivity contribution in [3.05, 3.63) is 142 Å². The molecule has 5 heteroatoms. The minimum atomic E-state index is -0.471. The predicted molar refractivity (Wildman–Crippen MR) is 162 cm³/mol. The molecule has 1 heterocycles. The summed E-state index contributed by atoms with van der Waals surface area (Å²) in [6, 6.07) is 34.9. The summed E-state index contributed by atoms with van der Waals surface area (Å²) in [7, 11) is 0. The Hall–Kier alpha value is -4.51. The highest BCUT2D eigenvalue weighted by molar-refractivity contribution is 5.87. The molecule has 202 valence electrons. The van der Waals surface area contributed by atoms with Crippen LogP contribution >= 0.6 is 0 Å². The van der Waals surface area contributed by atoms with Gasteiger partial charge in [-0.15, -0.1) is 0 Å². The van der Waals surface area contributed by atoms with Crippen molar-refractivity contribution in [1.82, 2.24) is 14.5 Å². The first-order valence-corrected chi connectivity index (χ1v) is 14.1. The lowest BCUT2D eigenvalue weighted by Crippen LogP contribution is -2.41. The third-order valence-corrected chi connectivity index (χ3v) is 7.60. The van der Waals surface area contributed by atoms with Crippen molar-refractivity contribution >= 4 is 16.8 Å². The molecule has 0 fully saturated rings. The lowest BCUT2D eigenvalue weighted by molar-refractivity contribution is -0.134. The third kappa shape index (κ3) is 5.20. The second-order valence-electron chi connectivity index (χ2n) is 9.95. The van der Waals surface area contributed by atoms with E-state index in [0.717, 1.165) is 23.2 Å². The number of aromatic nitrogens is 2. The maximum Gasteiger partial charge on any atom is 0.266 e. The maximum atomic E-state index is 14.5. The molecule has 5 rings (SSSR count). The molecule has 0 N–H and O–H groups in total. The highest BCUT2D eigenvalue weighted by Crippen LogP contribution is 2.33. The maximum absolute atomic E-state index is 14.5. The molecule has 1 amide bonds. The van der Waals surface area contributed by atoms with E-state index in [1.807, 2.05) is 128 Å². The standard InChI is InChI=1S/C35H35N3O2/c1-4-25-21-23-28(24-22-25)38-33(36-30-20-14-13-19-29(30)34(38)39)31(5-2)37(6-3)35(40)32(26-15-9-7-10-16-26)27-17-11-8-12-18-27/h7-24,31-32H,4-6H2,1-3H3. The van der Waals surface area contributed by atoms with Crippen LogP contribution in [0.25, 0.3) is 16.6 Å². The number of aryl methyl sites for hydroxylation is 1. The van der Waals surface area contributed by atoms with E-state index in [0.29, 0.717) is 29.7 Å². The van der Waals surface area contributed by atoms with Crippen molar-refractivity contribution < 1.29 is 4.79 Å². The Kier molecular flexibility index (Phi) is 8.20. The van der Waals surface area contributed by atoms with Crippen LogP contribution in [0.15, 0.2) is 114 Å². The first-order valence-electron chi connectivity index (χ1n) is 14.1. The van der Waals surface area contributed by atoms with Crippen LogP contribution in [0.4, 0.5) is 0 Å². The van der Waals surface area contributed by atoms with Crippen molar-refractivity contribution in [2.24, 2.45) is 0 Å². The molecule has 0 spiro atoms. The third-order valence-electron chi connectivity index (χ3n) is 7.60. The average molecular weight is 530 g/mol. The Balaban J connectivity index is 1.68. The highest BCUT2D eigenvalue weighted by Gasteiger charge is 2.33. The molecule has 4 aromatic carbocycles. The number of carbonyl (C=O) groups is 1. The van der Waals surface area contributed by atoms with Gasteiger partial charge in [-0.05, 0) is 60.7 Å². The molecule has 5 nitrogen and oxygen atoms in total. The molecule has 1 aromatic heterocycles. The minimum absolute atomic E-state index is 0.0120. The fraction of sp³-hybridized carbons (Fsp3) is 0.229. The summed E-state index contributed by atoms with van der Waals surface area (Å²) in [6.07, 6.45) is 1.52. The summed E-state index contributed by atoms with van der Waals surface area (Å²) in [5.74, 6) is 0.0911. The van der Waals surface area contributed by atoms with Crippen molar-refractivity contribution in [2.75, 3.05) is 6.54 Å². The van der Waals surface area contributed by atoms with Crippen molar-refractivity contribution in [3.8, 4) is 5.69 Å². The number of rotatable bonds is 9. The topological polar surface area (TPSA) is 55.2 Å². The van der Waals surface area contributed by atoms with Crippen LogP contribution in [0.2, 0.25) is 0 Å². The lowest BCUT2D eigenvalue weighted by Gasteiger charge is -2.34. The second-order valence-corrected chi connectivity index (χ2v) is 9.95. The van der Waals surface area contributed by atoms with Crippen LogP contribution in [0, 0.1) is 0 Å². The van der Waals surface area contributed by atoms with Crippen LogP contribution in [0.3, 0.4) is 0 Å². The van der Waals surface area contributed by atoms with Crippen molar-refractivity contribution in [2.45, 2.75) is 45.6 Å². The molecule has 0 radical (unpaired) electrons. The molecule has 5 aromatic rings. The summed E-state index contributed by atoms with van der Waals surface area (Å²) < 4.78 is 1.70. The Bertz CT molecular complexity index is 1600. The molecule has 1 atom stereocenters. The van der Waals surface area contributed by atoms with E-state index in [9.17, 15) is 9.59 Å². The largest absolute Gasteiger partial charge is 0.332 e. The zero-order valence-corrected chi connectivity index (χ0v) is 23.3. The molecular formula is C35H35N3O2. The summed E-state index contributed by atoms with van der Waals surface area (Å²) in [5.41, 5.74) is 4.32. The van der Waals surface area contributed by atoms with Gasteiger partial charge in [0.25, 0.3) is 5.56 Å². The number of benzene rings is 4. The molecule has 40 heavy (non-hydrogen) atoms. The van der Waals surface area contributed by atoms with Crippen molar-refractivity contribution in [1.29, 1.82) is 0 Å². The van der Waals surface area contributed by atoms with Crippen LogP contribution in [-0.2, 0) is 11.2 Å². The number of amides is 1. The molecular weight excluding hydrogens is 494 g/mol. The van der Waals surface area contributed by atoms with E-state index in [1.54, 1.807) is 4.57 Å². The van der Waals surface area contributed by atoms with Crippen LogP contribution in [-0.4, -0.2) is 26.9 Å². The van der Waals surface area contributed by atoms with Gasteiger partial charge in [-0.3, -0.25) is 14.2 Å². The smallest absolute Gasteiger partial charge is 0.266 e. The number of fused-ring (bicyclic) bond motifs is 1. The molecule has 0 bridgehead atoms. The van der Waals surface area contributed by atoms with E-state index in [2.05, 4.69) is 6.92 Å². The monoisotopic (exact) mass is 529 g/mol. The SMILES string of the molecule is CCc1ccc(-n2c(C(CC)N(CC)C(=O)C(c3ccccc3)c3ccccc3)nc3ccccc3c2=O)cc1. The Morgan fingerprint density at radius 3 is 1.90 bits per heavy atom. The van der Waals surface area contributed by atoms with E-state index in [1.165, 1.54) is 5.56 Å². The summed E-state index contributed by atoms with van der Waals surface area (Å²) in [5, 5.41) is 0.557. The van der Waals surface area contributed by atoms with Gasteiger partial charge in [0.1, 0.15) is 5.82 Å². The number of hydrogen-bond acceptors (Lipinski definition) is 3. The van der Waals surface area contributed by atoms with Gasteiger partial charge in [0.2, 0.25) is 5.91 Å². The first kappa shape index (κ1) is 27.1. The molecule has 0 saturated heterocycles. The minimum Gasteiger partial charge on any atom is -0.332 e. The molecule has 0 aliphatic carbocycles. The van der Waals surface area contributed by atoms with Gasteiger partial charge in [0, 0.05) is 6.54 Å². The van der Waals surface area contributed by atoms with E-state index in [-0.39, 0.29) is 11.5 Å². The van der Waals surface area contributed by atoms with Gasteiger partial charge < -0.3 is 4.90 Å². The summed E-state index contributed by atoms with van der Waals surface area (Å²) in [6.45, 7) is 6.63. The summed E-state index contributed by atoms with van der Waals surface area (Å²) in [4.78, 5) is 35.5. The fourth-order valence-electron chi connectivity index (χ4n) is 5.51. The van der Waals surface area contributed by atoms with Gasteiger partial charge in [-0.1, -0.05) is 98.8 Å². The van der Waals surface area contributed by atoms with Crippen molar-refractivity contribution in [3.63, 3.8) is 0 Å². The summed E-state index contributed by atoms with van der Waals surface area (Å²) >= 11 is 0. The van der Waals surface area contributed by atoms with E-state index >= 15 is 0 Å². The van der Waals surface area contributed by atoms with E-state index in [4.69, 9.17) is 4.98 Å². The molecule has 0 aliphatic rings. The number of hydrogen-bond donors (Lipinski definition) is 0. The fourth-order valence-corrected chi connectivity index (χ4v) is 5.51. The van der Waals surface area contributed by atoms with Crippen LogP contribution in [0.1, 0.15) is 61.7 Å². The van der Waals surface area contributed by atoms with Gasteiger partial charge in [0.15, 0.2) is 0 Å². The average Bonchev–Trinajstić information content (AvgIpc) is 3.01. The lowest BCUT2D eigenvalue weighted by atomic mass is 9.89. The molecule has 0 aliphatic heterocycles. The number of nitrogens with zero attached hydrogens (tertiary/aromatic N) is 3. The molecule has 0 saturated carbocycles. The zero-order chi connectivity index (χ0) is 28.1. The Labute approximate surface area is 235 Å². The number of likely N-dealkylation sites (N-methyl/N-ethyl adjacent to an activating group) is 1. The number of carbonyl (C=O) groups excluding carboxylic acids is 1. The van der Waals surface area contributed by atoms with Crippen LogP contribution < -0.4 is 5.56 Å². The normalized spacial score (nSPS) is 12.0. The second kappa shape index (κ2) is 12.1. The number of para-hydroxylation sites is 1. The zero-order valence-electron chi connectivity index (χ0n) is 23.3. The van der Waals surface area contributed by atoms with E-state index < -0.39 is 12.0 Å². The Morgan fingerprint density at radius 1 is 0.775 bits per heavy atom. The van der Waals surface area contributed by atoms with Gasteiger partial charge in [0.05, 0.1) is 28.6 Å². The predicted octanol–water partition coefficient (Wildman–Crippen LogP) is 7.08. The quantitative estimate of drug-likeness (QED) is 0.205.